The van der Waals surface area contributed by atoms with E-state index < -0.39 is 0 Å². The summed E-state index contributed by atoms with van der Waals surface area (Å²) in [6.07, 6.45) is 7.55. The zero-order valence-corrected chi connectivity index (χ0v) is 11.0. The highest BCUT2D eigenvalue weighted by Crippen LogP contribution is 2.10. The standard InChI is InChI=1S/2C7H12O/c2*1-6-3-4-7(2)8-5-6/h2*3,7H,4-5H2,1-2H3. The lowest BCUT2D eigenvalue weighted by Gasteiger charge is -2.16. The Morgan fingerprint density at radius 1 is 0.875 bits per heavy atom. The topological polar surface area (TPSA) is 18.5 Å². The van der Waals surface area contributed by atoms with Crippen LogP contribution >= 0.6 is 0 Å². The van der Waals surface area contributed by atoms with E-state index in [1.807, 2.05) is 0 Å². The van der Waals surface area contributed by atoms with Crippen molar-refractivity contribution in [1.29, 1.82) is 0 Å². The van der Waals surface area contributed by atoms with E-state index in [1.54, 1.807) is 0 Å². The summed E-state index contributed by atoms with van der Waals surface area (Å²) in [6, 6.07) is 0. The fourth-order valence-electron chi connectivity index (χ4n) is 1.54. The lowest BCUT2D eigenvalue weighted by molar-refractivity contribution is 0.0757. The third kappa shape index (κ3) is 5.47. The first-order chi connectivity index (χ1) is 7.58. The van der Waals surface area contributed by atoms with Crippen molar-refractivity contribution in [3.63, 3.8) is 0 Å². The van der Waals surface area contributed by atoms with Crippen LogP contribution in [0.25, 0.3) is 0 Å². The maximum atomic E-state index is 5.32. The lowest BCUT2D eigenvalue weighted by atomic mass is 10.1. The van der Waals surface area contributed by atoms with Gasteiger partial charge in [0, 0.05) is 0 Å². The third-order valence-corrected chi connectivity index (χ3v) is 2.79. The highest BCUT2D eigenvalue weighted by Gasteiger charge is 2.05. The van der Waals surface area contributed by atoms with E-state index >= 15 is 0 Å². The van der Waals surface area contributed by atoms with Gasteiger partial charge in [-0.2, -0.15) is 0 Å². The molecule has 92 valence electrons. The van der Waals surface area contributed by atoms with Crippen molar-refractivity contribution in [2.24, 2.45) is 0 Å². The van der Waals surface area contributed by atoms with E-state index in [9.17, 15) is 0 Å². The Labute approximate surface area is 99.3 Å². The molecular weight excluding hydrogens is 200 g/mol. The van der Waals surface area contributed by atoms with Gasteiger partial charge in [-0.3, -0.25) is 0 Å². The minimum absolute atomic E-state index is 0.443. The van der Waals surface area contributed by atoms with Crippen molar-refractivity contribution in [2.75, 3.05) is 13.2 Å². The van der Waals surface area contributed by atoms with Gasteiger partial charge in [-0.25, -0.2) is 0 Å². The normalized spacial score (nSPS) is 29.8. The van der Waals surface area contributed by atoms with Crippen molar-refractivity contribution >= 4 is 0 Å². The van der Waals surface area contributed by atoms with Gasteiger partial charge >= 0.3 is 0 Å². The largest absolute Gasteiger partial charge is 0.374 e. The van der Waals surface area contributed by atoms with Crippen molar-refractivity contribution in [1.82, 2.24) is 0 Å². The lowest BCUT2D eigenvalue weighted by Crippen LogP contribution is -2.13. The first-order valence-corrected chi connectivity index (χ1v) is 6.12. The highest BCUT2D eigenvalue weighted by molar-refractivity contribution is 5.02. The SMILES string of the molecule is CC1=CCC(C)OC1.CC1=CCC(C)OC1. The second-order valence-electron chi connectivity index (χ2n) is 4.82. The Morgan fingerprint density at radius 3 is 1.44 bits per heavy atom. The molecule has 16 heavy (non-hydrogen) atoms. The van der Waals surface area contributed by atoms with Gasteiger partial charge in [0.15, 0.2) is 0 Å². The molecule has 0 aromatic heterocycles. The molecule has 2 aliphatic rings. The number of hydrogen-bond donors (Lipinski definition) is 0. The van der Waals surface area contributed by atoms with Crippen LogP contribution in [0.15, 0.2) is 23.3 Å². The summed E-state index contributed by atoms with van der Waals surface area (Å²) < 4.78 is 10.6. The van der Waals surface area contributed by atoms with Gasteiger partial charge in [-0.05, 0) is 40.5 Å². The van der Waals surface area contributed by atoms with E-state index in [0.29, 0.717) is 12.2 Å². The summed E-state index contributed by atoms with van der Waals surface area (Å²) in [5.74, 6) is 0. The van der Waals surface area contributed by atoms with E-state index in [4.69, 9.17) is 9.47 Å². The van der Waals surface area contributed by atoms with E-state index in [0.717, 1.165) is 26.1 Å². The Morgan fingerprint density at radius 2 is 1.25 bits per heavy atom. The van der Waals surface area contributed by atoms with Crippen LogP contribution in [0.4, 0.5) is 0 Å². The molecule has 0 amide bonds. The van der Waals surface area contributed by atoms with E-state index in [1.165, 1.54) is 11.1 Å². The summed E-state index contributed by atoms with van der Waals surface area (Å²) in [5.41, 5.74) is 2.73. The van der Waals surface area contributed by atoms with Gasteiger partial charge < -0.3 is 9.47 Å². The van der Waals surface area contributed by atoms with Gasteiger partial charge in [0.05, 0.1) is 25.4 Å². The fourth-order valence-corrected chi connectivity index (χ4v) is 1.54. The molecular formula is C14H24O2. The molecule has 0 aliphatic carbocycles. The monoisotopic (exact) mass is 224 g/mol. The molecule has 0 aromatic carbocycles. The van der Waals surface area contributed by atoms with Crippen LogP contribution in [0.3, 0.4) is 0 Å². The molecule has 2 unspecified atom stereocenters. The predicted molar refractivity (Wildman–Crippen MR) is 67.6 cm³/mol. The van der Waals surface area contributed by atoms with Crippen LogP contribution in [-0.4, -0.2) is 25.4 Å². The first-order valence-electron chi connectivity index (χ1n) is 6.12. The maximum Gasteiger partial charge on any atom is 0.0677 e. The van der Waals surface area contributed by atoms with Crippen molar-refractivity contribution in [2.45, 2.75) is 52.7 Å². The summed E-state index contributed by atoms with van der Waals surface area (Å²) in [6.45, 7) is 10.1. The van der Waals surface area contributed by atoms with Crippen molar-refractivity contribution in [3.05, 3.63) is 23.3 Å². The van der Waals surface area contributed by atoms with Crippen LogP contribution in [-0.2, 0) is 9.47 Å². The second kappa shape index (κ2) is 6.87. The smallest absolute Gasteiger partial charge is 0.0677 e. The quantitative estimate of drug-likeness (QED) is 0.586. The maximum absolute atomic E-state index is 5.32. The molecule has 0 saturated heterocycles. The van der Waals surface area contributed by atoms with E-state index in [-0.39, 0.29) is 0 Å². The molecule has 2 atom stereocenters. The summed E-state index contributed by atoms with van der Waals surface area (Å²) in [5, 5.41) is 0. The molecule has 2 heteroatoms. The Kier molecular flexibility index (Phi) is 5.78. The molecule has 0 saturated carbocycles. The molecule has 0 spiro atoms. The summed E-state index contributed by atoms with van der Waals surface area (Å²) in [7, 11) is 0. The average Bonchev–Trinajstić information content (AvgIpc) is 2.28. The number of rotatable bonds is 0. The minimum Gasteiger partial charge on any atom is -0.374 e. The van der Waals surface area contributed by atoms with Crippen LogP contribution in [0.1, 0.15) is 40.5 Å². The molecule has 0 fully saturated rings. The molecule has 0 aromatic rings. The van der Waals surface area contributed by atoms with Gasteiger partial charge in [0.2, 0.25) is 0 Å². The van der Waals surface area contributed by atoms with Crippen molar-refractivity contribution in [3.8, 4) is 0 Å². The zero-order chi connectivity index (χ0) is 12.0. The first kappa shape index (κ1) is 13.5. The molecule has 0 N–H and O–H groups in total. The van der Waals surface area contributed by atoms with Gasteiger partial charge in [-0.15, -0.1) is 0 Å². The zero-order valence-electron chi connectivity index (χ0n) is 11.0. The Balaban J connectivity index is 0.000000160. The Hall–Kier alpha value is -0.600. The second-order valence-corrected chi connectivity index (χ2v) is 4.82. The molecule has 2 aliphatic heterocycles. The van der Waals surface area contributed by atoms with Gasteiger partial charge in [0.1, 0.15) is 0 Å². The predicted octanol–water partition coefficient (Wildman–Crippen LogP) is 3.48. The molecule has 0 radical (unpaired) electrons. The molecule has 2 nitrogen and oxygen atoms in total. The van der Waals surface area contributed by atoms with Crippen molar-refractivity contribution < 1.29 is 9.47 Å². The number of hydrogen-bond acceptors (Lipinski definition) is 2. The average molecular weight is 224 g/mol. The Bertz CT molecular complexity index is 238. The minimum atomic E-state index is 0.443. The fraction of sp³-hybridized carbons (Fsp3) is 0.714. The van der Waals surface area contributed by atoms with E-state index in [2.05, 4.69) is 39.8 Å². The molecule has 2 heterocycles. The summed E-state index contributed by atoms with van der Waals surface area (Å²) >= 11 is 0. The highest BCUT2D eigenvalue weighted by atomic mass is 16.5. The van der Waals surface area contributed by atoms with Gasteiger partial charge in [-0.1, -0.05) is 23.3 Å². The number of ether oxygens (including phenoxy) is 2. The van der Waals surface area contributed by atoms with Crippen LogP contribution in [0.5, 0.6) is 0 Å². The van der Waals surface area contributed by atoms with Crippen LogP contribution in [0.2, 0.25) is 0 Å². The summed E-state index contributed by atoms with van der Waals surface area (Å²) in [4.78, 5) is 0. The van der Waals surface area contributed by atoms with Gasteiger partial charge in [0.25, 0.3) is 0 Å². The molecule has 2 rings (SSSR count). The van der Waals surface area contributed by atoms with Crippen LogP contribution < -0.4 is 0 Å². The molecule has 0 bridgehead atoms. The third-order valence-electron chi connectivity index (χ3n) is 2.79. The van der Waals surface area contributed by atoms with Crippen LogP contribution in [0, 0.1) is 0 Å².